The summed E-state index contributed by atoms with van der Waals surface area (Å²) in [6, 6.07) is 13.3. The SMILES string of the molecule is CC1=C(C#N)C(c2ccc3[nH]nc(-c4ccc(F)nc4)c3c2)C(C#N)=C2COCCN12. The highest BCUT2D eigenvalue weighted by atomic mass is 19.1. The number of halogens is 1. The molecule has 0 aliphatic carbocycles. The average molecular weight is 412 g/mol. The standard InChI is InChI=1S/C23H17FN6O/c1-13-17(9-25)22(18(10-26)20-12-31-7-6-30(13)20)14-2-4-19-16(8-14)23(29-28-19)15-3-5-21(24)27-11-15/h2-5,8,11,22H,6-7,12H2,1H3,(H,28,29). The van der Waals surface area contributed by atoms with Crippen LogP contribution >= 0.6 is 0 Å². The first-order valence-corrected chi connectivity index (χ1v) is 9.81. The van der Waals surface area contributed by atoms with Crippen LogP contribution < -0.4 is 0 Å². The van der Waals surface area contributed by atoms with Crippen molar-refractivity contribution in [1.29, 1.82) is 10.5 Å². The Morgan fingerprint density at radius 2 is 2.03 bits per heavy atom. The molecule has 1 atom stereocenters. The number of morpholine rings is 1. The van der Waals surface area contributed by atoms with E-state index in [1.165, 1.54) is 12.3 Å². The van der Waals surface area contributed by atoms with Gasteiger partial charge in [-0.05, 0) is 36.8 Å². The zero-order valence-corrected chi connectivity index (χ0v) is 16.7. The molecule has 1 N–H and O–H groups in total. The summed E-state index contributed by atoms with van der Waals surface area (Å²) in [5, 5.41) is 28.1. The van der Waals surface area contributed by atoms with Crippen LogP contribution in [0.2, 0.25) is 0 Å². The number of nitriles is 2. The molecule has 1 aromatic carbocycles. The molecule has 7 nitrogen and oxygen atoms in total. The maximum atomic E-state index is 13.3. The van der Waals surface area contributed by atoms with Crippen molar-refractivity contribution in [1.82, 2.24) is 20.1 Å². The molecule has 1 saturated heterocycles. The molecule has 2 aromatic heterocycles. The van der Waals surface area contributed by atoms with E-state index in [-0.39, 0.29) is 0 Å². The number of hydrogen-bond donors (Lipinski definition) is 1. The maximum Gasteiger partial charge on any atom is 0.212 e. The summed E-state index contributed by atoms with van der Waals surface area (Å²) in [6.45, 7) is 3.43. The summed E-state index contributed by atoms with van der Waals surface area (Å²) in [4.78, 5) is 5.74. The van der Waals surface area contributed by atoms with Crippen LogP contribution in [0.3, 0.4) is 0 Å². The van der Waals surface area contributed by atoms with Crippen molar-refractivity contribution in [2.75, 3.05) is 19.8 Å². The van der Waals surface area contributed by atoms with Gasteiger partial charge in [0.05, 0.1) is 53.6 Å². The number of benzene rings is 1. The summed E-state index contributed by atoms with van der Waals surface area (Å²) in [6.07, 6.45) is 1.43. The minimum atomic E-state index is -0.560. The molecule has 0 radical (unpaired) electrons. The predicted molar refractivity (Wildman–Crippen MR) is 111 cm³/mol. The Morgan fingerprint density at radius 1 is 1.19 bits per heavy atom. The van der Waals surface area contributed by atoms with Gasteiger partial charge in [-0.25, -0.2) is 4.98 Å². The molecule has 2 aliphatic rings. The third-order valence-electron chi connectivity index (χ3n) is 5.87. The van der Waals surface area contributed by atoms with Crippen LogP contribution in [0.1, 0.15) is 18.4 Å². The van der Waals surface area contributed by atoms with E-state index in [2.05, 4.69) is 27.3 Å². The van der Waals surface area contributed by atoms with E-state index in [0.29, 0.717) is 42.2 Å². The number of allylic oxidation sites excluding steroid dienone is 3. The number of fused-ring (bicyclic) bond motifs is 2. The number of nitrogens with one attached hydrogen (secondary N) is 1. The summed E-state index contributed by atoms with van der Waals surface area (Å²) in [7, 11) is 0. The number of aromatic nitrogens is 3. The smallest absolute Gasteiger partial charge is 0.212 e. The van der Waals surface area contributed by atoms with E-state index < -0.39 is 11.9 Å². The molecule has 3 aromatic rings. The number of rotatable bonds is 2. The molecule has 1 fully saturated rings. The Bertz CT molecular complexity index is 1340. The number of aromatic amines is 1. The zero-order valence-electron chi connectivity index (χ0n) is 16.7. The van der Waals surface area contributed by atoms with Crippen LogP contribution in [0.4, 0.5) is 4.39 Å². The Kier molecular flexibility index (Phi) is 4.50. The zero-order chi connectivity index (χ0) is 21.5. The third-order valence-corrected chi connectivity index (χ3v) is 5.87. The lowest BCUT2D eigenvalue weighted by Gasteiger charge is -2.39. The van der Waals surface area contributed by atoms with Crippen molar-refractivity contribution in [3.8, 4) is 23.4 Å². The lowest BCUT2D eigenvalue weighted by molar-refractivity contribution is 0.0836. The Morgan fingerprint density at radius 3 is 2.77 bits per heavy atom. The van der Waals surface area contributed by atoms with Crippen molar-refractivity contribution in [3.63, 3.8) is 0 Å². The van der Waals surface area contributed by atoms with Crippen molar-refractivity contribution in [3.05, 3.63) is 70.6 Å². The normalized spacial score (nSPS) is 18.7. The van der Waals surface area contributed by atoms with E-state index >= 15 is 0 Å². The third kappa shape index (κ3) is 2.97. The second kappa shape index (κ2) is 7.35. The van der Waals surface area contributed by atoms with E-state index in [1.54, 1.807) is 6.07 Å². The Labute approximate surface area is 177 Å². The number of ether oxygens (including phenoxy) is 1. The number of H-pyrrole nitrogens is 1. The molecule has 0 spiro atoms. The first-order valence-electron chi connectivity index (χ1n) is 9.81. The topological polar surface area (TPSA) is 102 Å². The minimum Gasteiger partial charge on any atom is -0.373 e. The fourth-order valence-electron chi connectivity index (χ4n) is 4.35. The fraction of sp³-hybridized carbons (Fsp3) is 0.217. The highest BCUT2D eigenvalue weighted by Gasteiger charge is 2.36. The molecule has 0 amide bonds. The van der Waals surface area contributed by atoms with Crippen LogP contribution in [-0.4, -0.2) is 39.8 Å². The minimum absolute atomic E-state index is 0.343. The van der Waals surface area contributed by atoms with E-state index in [4.69, 9.17) is 4.74 Å². The number of hydrogen-bond acceptors (Lipinski definition) is 6. The number of nitrogens with zero attached hydrogens (tertiary/aromatic N) is 5. The summed E-state index contributed by atoms with van der Waals surface area (Å²) < 4.78 is 18.9. The highest BCUT2D eigenvalue weighted by Crippen LogP contribution is 2.43. The van der Waals surface area contributed by atoms with Crippen LogP contribution in [0.5, 0.6) is 0 Å². The van der Waals surface area contributed by atoms with Crippen LogP contribution in [0.15, 0.2) is 59.1 Å². The van der Waals surface area contributed by atoms with Crippen LogP contribution in [0, 0.1) is 28.6 Å². The van der Waals surface area contributed by atoms with Gasteiger partial charge in [0.15, 0.2) is 0 Å². The average Bonchev–Trinajstić information content (AvgIpc) is 3.23. The van der Waals surface area contributed by atoms with E-state index in [0.717, 1.165) is 27.9 Å². The molecule has 8 heteroatoms. The van der Waals surface area contributed by atoms with Gasteiger partial charge in [0.2, 0.25) is 5.95 Å². The molecular weight excluding hydrogens is 395 g/mol. The summed E-state index contributed by atoms with van der Waals surface area (Å²) in [5.41, 5.74) is 5.65. The summed E-state index contributed by atoms with van der Waals surface area (Å²) in [5.74, 6) is -1.04. The fourth-order valence-corrected chi connectivity index (χ4v) is 4.35. The lowest BCUT2D eigenvalue weighted by atomic mass is 9.80. The van der Waals surface area contributed by atoms with Gasteiger partial charge in [-0.3, -0.25) is 5.10 Å². The van der Waals surface area contributed by atoms with Gasteiger partial charge in [0.25, 0.3) is 0 Å². The quantitative estimate of drug-likeness (QED) is 0.643. The van der Waals surface area contributed by atoms with Crippen LogP contribution in [-0.2, 0) is 4.74 Å². The van der Waals surface area contributed by atoms with Crippen molar-refractivity contribution < 1.29 is 9.13 Å². The van der Waals surface area contributed by atoms with Crippen molar-refractivity contribution in [2.24, 2.45) is 0 Å². The van der Waals surface area contributed by atoms with Crippen molar-refractivity contribution in [2.45, 2.75) is 12.8 Å². The van der Waals surface area contributed by atoms with E-state index in [9.17, 15) is 14.9 Å². The van der Waals surface area contributed by atoms with Gasteiger partial charge in [-0.15, -0.1) is 0 Å². The van der Waals surface area contributed by atoms with Gasteiger partial charge >= 0.3 is 0 Å². The Hall–Kier alpha value is -4.01. The first kappa shape index (κ1) is 19.0. The van der Waals surface area contributed by atoms with E-state index in [1.807, 2.05) is 30.0 Å². The molecule has 2 aliphatic heterocycles. The molecule has 0 bridgehead atoms. The molecule has 1 unspecified atom stereocenters. The first-order chi connectivity index (χ1) is 15.1. The molecule has 31 heavy (non-hydrogen) atoms. The second-order valence-corrected chi connectivity index (χ2v) is 7.47. The maximum absolute atomic E-state index is 13.3. The van der Waals surface area contributed by atoms with Gasteiger partial charge in [0.1, 0.15) is 5.69 Å². The molecule has 152 valence electrons. The molecule has 0 saturated carbocycles. The monoisotopic (exact) mass is 412 g/mol. The van der Waals surface area contributed by atoms with Gasteiger partial charge in [0, 0.05) is 29.4 Å². The highest BCUT2D eigenvalue weighted by molar-refractivity contribution is 5.93. The number of pyridine rings is 1. The van der Waals surface area contributed by atoms with Gasteiger partial charge in [-0.2, -0.15) is 20.0 Å². The molecule has 5 rings (SSSR count). The lowest BCUT2D eigenvalue weighted by Crippen LogP contribution is -2.38. The van der Waals surface area contributed by atoms with Gasteiger partial charge < -0.3 is 9.64 Å². The molecular formula is C23H17FN6O. The Balaban J connectivity index is 1.69. The molecule has 4 heterocycles. The largest absolute Gasteiger partial charge is 0.373 e. The van der Waals surface area contributed by atoms with Crippen molar-refractivity contribution >= 4 is 10.9 Å². The van der Waals surface area contributed by atoms with Crippen LogP contribution in [0.25, 0.3) is 22.2 Å². The summed E-state index contributed by atoms with van der Waals surface area (Å²) >= 11 is 0. The predicted octanol–water partition coefficient (Wildman–Crippen LogP) is 3.77. The van der Waals surface area contributed by atoms with Gasteiger partial charge in [-0.1, -0.05) is 6.07 Å². The second-order valence-electron chi connectivity index (χ2n) is 7.47.